The Hall–Kier alpha value is -1.65. The molecule has 0 bridgehead atoms. The Labute approximate surface area is 68.4 Å². The molecule has 0 radical (unpaired) electrons. The van der Waals surface area contributed by atoms with Crippen molar-refractivity contribution in [2.75, 3.05) is 0 Å². The summed E-state index contributed by atoms with van der Waals surface area (Å²) in [5, 5.41) is 14.3. The number of rotatable bonds is 3. The van der Waals surface area contributed by atoms with Crippen LogP contribution >= 0.6 is 0 Å². The van der Waals surface area contributed by atoms with Crippen LogP contribution in [0.5, 0.6) is 0 Å². The molecular formula is C7H8N2O3. The monoisotopic (exact) mass is 168 g/mol. The van der Waals surface area contributed by atoms with Gasteiger partial charge >= 0.3 is 5.97 Å². The molecule has 2 N–H and O–H groups in total. The molecule has 1 aromatic rings. The van der Waals surface area contributed by atoms with Crippen molar-refractivity contribution in [3.63, 3.8) is 0 Å². The zero-order valence-corrected chi connectivity index (χ0v) is 6.50. The number of carbonyl (C=O) groups is 2. The minimum atomic E-state index is -1.11. The van der Waals surface area contributed by atoms with Crippen molar-refractivity contribution in [3.8, 4) is 0 Å². The van der Waals surface area contributed by atoms with E-state index in [0.717, 1.165) is 0 Å². The van der Waals surface area contributed by atoms with E-state index in [0.29, 0.717) is 6.42 Å². The first-order chi connectivity index (χ1) is 5.65. The summed E-state index contributed by atoms with van der Waals surface area (Å²) in [6.45, 7) is 1.69. The quantitative estimate of drug-likeness (QED) is 0.651. The van der Waals surface area contributed by atoms with Crippen molar-refractivity contribution in [3.05, 3.63) is 17.5 Å². The van der Waals surface area contributed by atoms with E-state index in [4.69, 9.17) is 5.11 Å². The van der Waals surface area contributed by atoms with Gasteiger partial charge in [0.2, 0.25) is 0 Å². The summed E-state index contributed by atoms with van der Waals surface area (Å²) in [5.74, 6) is -1.28. The topological polar surface area (TPSA) is 83.0 Å². The van der Waals surface area contributed by atoms with Gasteiger partial charge in [0.25, 0.3) is 0 Å². The van der Waals surface area contributed by atoms with Crippen LogP contribution < -0.4 is 0 Å². The Morgan fingerprint density at radius 3 is 2.75 bits per heavy atom. The number of ketones is 1. The van der Waals surface area contributed by atoms with Crippen molar-refractivity contribution < 1.29 is 14.7 Å². The number of nitrogens with one attached hydrogen (secondary N) is 1. The van der Waals surface area contributed by atoms with Crippen molar-refractivity contribution >= 4 is 11.8 Å². The number of aromatic amines is 1. The van der Waals surface area contributed by atoms with Crippen molar-refractivity contribution in [1.29, 1.82) is 0 Å². The Morgan fingerprint density at radius 1 is 1.67 bits per heavy atom. The predicted octanol–water partition coefficient (Wildman–Crippen LogP) is 0.701. The third-order valence-corrected chi connectivity index (χ3v) is 1.42. The summed E-state index contributed by atoms with van der Waals surface area (Å²) in [6, 6.07) is 1.23. The van der Waals surface area contributed by atoms with Crippen molar-refractivity contribution in [2.24, 2.45) is 0 Å². The van der Waals surface area contributed by atoms with Gasteiger partial charge in [-0.15, -0.1) is 0 Å². The van der Waals surface area contributed by atoms with Gasteiger partial charge in [-0.05, 0) is 0 Å². The van der Waals surface area contributed by atoms with E-state index < -0.39 is 5.97 Å². The summed E-state index contributed by atoms with van der Waals surface area (Å²) in [4.78, 5) is 21.3. The van der Waals surface area contributed by atoms with E-state index in [2.05, 4.69) is 10.2 Å². The number of Topliss-reactive ketones (excluding diaryl/α,β-unsaturated/α-hetero) is 1. The van der Waals surface area contributed by atoms with Gasteiger partial charge < -0.3 is 5.11 Å². The molecule has 1 aromatic heterocycles. The van der Waals surface area contributed by atoms with Crippen LogP contribution in [-0.4, -0.2) is 27.1 Å². The number of carboxylic acids is 1. The number of nitrogens with zero attached hydrogens (tertiary/aromatic N) is 1. The maximum atomic E-state index is 11.0. The molecule has 0 aromatic carbocycles. The average molecular weight is 168 g/mol. The summed E-state index contributed by atoms with van der Waals surface area (Å²) >= 11 is 0. The molecule has 0 saturated heterocycles. The van der Waals surface area contributed by atoms with E-state index >= 15 is 0 Å². The van der Waals surface area contributed by atoms with Crippen LogP contribution in [0.25, 0.3) is 0 Å². The number of carboxylic acid groups (broad SMARTS) is 1. The van der Waals surface area contributed by atoms with E-state index in [9.17, 15) is 9.59 Å². The van der Waals surface area contributed by atoms with Gasteiger partial charge in [0.15, 0.2) is 5.78 Å². The van der Waals surface area contributed by atoms with Gasteiger partial charge in [0, 0.05) is 12.5 Å². The summed E-state index contributed by atoms with van der Waals surface area (Å²) in [7, 11) is 0. The second kappa shape index (κ2) is 3.17. The lowest BCUT2D eigenvalue weighted by atomic mass is 10.2. The smallest absolute Gasteiger partial charge is 0.353 e. The third kappa shape index (κ3) is 1.50. The molecule has 0 atom stereocenters. The molecule has 0 aliphatic carbocycles. The summed E-state index contributed by atoms with van der Waals surface area (Å²) < 4.78 is 0. The standard InChI is InChI=1S/C7H8N2O3/c1-2-6(10)4-3-5(7(11)12)9-8-4/h3H,2H2,1H3,(H,8,9)(H,11,12). The van der Waals surface area contributed by atoms with Crippen LogP contribution in [0.15, 0.2) is 6.07 Å². The third-order valence-electron chi connectivity index (χ3n) is 1.42. The Bertz CT molecular complexity index is 316. The molecule has 5 heteroatoms. The fraction of sp³-hybridized carbons (Fsp3) is 0.286. The van der Waals surface area contributed by atoms with Gasteiger partial charge in [-0.25, -0.2) is 4.79 Å². The normalized spacial score (nSPS) is 9.75. The molecule has 0 spiro atoms. The SMILES string of the molecule is CCC(=O)c1cc(C(=O)O)[nH]n1. The molecule has 0 saturated carbocycles. The van der Waals surface area contributed by atoms with Crippen LogP contribution in [0.3, 0.4) is 0 Å². The molecule has 0 aliphatic heterocycles. The highest BCUT2D eigenvalue weighted by Crippen LogP contribution is 2.02. The number of hydrogen-bond donors (Lipinski definition) is 2. The van der Waals surface area contributed by atoms with Crippen LogP contribution in [0.1, 0.15) is 34.3 Å². The van der Waals surface area contributed by atoms with Crippen LogP contribution in [0.4, 0.5) is 0 Å². The molecule has 1 rings (SSSR count). The zero-order chi connectivity index (χ0) is 9.14. The number of H-pyrrole nitrogens is 1. The molecule has 0 aliphatic rings. The summed E-state index contributed by atoms with van der Waals surface area (Å²) in [5.41, 5.74) is 0.113. The first-order valence-electron chi connectivity index (χ1n) is 3.47. The second-order valence-corrected chi connectivity index (χ2v) is 2.25. The van der Waals surface area contributed by atoms with Crippen molar-refractivity contribution in [2.45, 2.75) is 13.3 Å². The number of hydrogen-bond acceptors (Lipinski definition) is 3. The molecule has 0 unspecified atom stereocenters. The fourth-order valence-corrected chi connectivity index (χ4v) is 0.755. The minimum Gasteiger partial charge on any atom is -0.477 e. The van der Waals surface area contributed by atoms with Crippen LogP contribution in [0.2, 0.25) is 0 Å². The van der Waals surface area contributed by atoms with E-state index in [1.54, 1.807) is 6.92 Å². The van der Waals surface area contributed by atoms with Gasteiger partial charge in [0.05, 0.1) is 0 Å². The number of carbonyl (C=O) groups excluding carboxylic acids is 1. The maximum Gasteiger partial charge on any atom is 0.353 e. The largest absolute Gasteiger partial charge is 0.477 e. The van der Waals surface area contributed by atoms with Crippen molar-refractivity contribution in [1.82, 2.24) is 10.2 Å². The van der Waals surface area contributed by atoms with Crippen LogP contribution in [0, 0.1) is 0 Å². The Balaban J connectivity index is 2.91. The molecule has 0 fully saturated rings. The molecule has 0 amide bonds. The number of aromatic nitrogens is 2. The highest BCUT2D eigenvalue weighted by atomic mass is 16.4. The molecule has 12 heavy (non-hydrogen) atoms. The lowest BCUT2D eigenvalue weighted by Gasteiger charge is -1.85. The van der Waals surface area contributed by atoms with E-state index in [1.165, 1.54) is 6.07 Å². The van der Waals surface area contributed by atoms with E-state index in [1.807, 2.05) is 0 Å². The lowest BCUT2D eigenvalue weighted by Crippen LogP contribution is -1.96. The minimum absolute atomic E-state index is 0.0631. The first-order valence-corrected chi connectivity index (χ1v) is 3.47. The molecular weight excluding hydrogens is 160 g/mol. The second-order valence-electron chi connectivity index (χ2n) is 2.25. The summed E-state index contributed by atoms with van der Waals surface area (Å²) in [6.07, 6.45) is 0.323. The first kappa shape index (κ1) is 8.45. The zero-order valence-electron chi connectivity index (χ0n) is 6.50. The van der Waals surface area contributed by atoms with Gasteiger partial charge in [-0.3, -0.25) is 9.89 Å². The Morgan fingerprint density at radius 2 is 2.33 bits per heavy atom. The highest BCUT2D eigenvalue weighted by molar-refractivity contribution is 5.96. The van der Waals surface area contributed by atoms with Gasteiger partial charge in [-0.2, -0.15) is 5.10 Å². The highest BCUT2D eigenvalue weighted by Gasteiger charge is 2.11. The average Bonchev–Trinajstić information content (AvgIpc) is 2.51. The van der Waals surface area contributed by atoms with Gasteiger partial charge in [0.1, 0.15) is 11.4 Å². The predicted molar refractivity (Wildman–Crippen MR) is 40.2 cm³/mol. The lowest BCUT2D eigenvalue weighted by molar-refractivity contribution is 0.0690. The van der Waals surface area contributed by atoms with Crippen LogP contribution in [-0.2, 0) is 0 Å². The fourth-order valence-electron chi connectivity index (χ4n) is 0.755. The molecule has 1 heterocycles. The Kier molecular flexibility index (Phi) is 2.23. The maximum absolute atomic E-state index is 11.0. The molecule has 64 valence electrons. The number of aromatic carboxylic acids is 1. The van der Waals surface area contributed by atoms with Gasteiger partial charge in [-0.1, -0.05) is 6.92 Å². The van der Waals surface area contributed by atoms with E-state index in [-0.39, 0.29) is 17.2 Å². The molecule has 5 nitrogen and oxygen atoms in total.